The summed E-state index contributed by atoms with van der Waals surface area (Å²) >= 11 is 3.39. The second kappa shape index (κ2) is 3.91. The lowest BCUT2D eigenvalue weighted by atomic mass is 10.3. The summed E-state index contributed by atoms with van der Waals surface area (Å²) < 4.78 is 3.27. The van der Waals surface area contributed by atoms with Crippen LogP contribution in [0, 0.1) is 0 Å². The molecule has 3 aromatic heterocycles. The van der Waals surface area contributed by atoms with E-state index in [1.54, 1.807) is 18.3 Å². The summed E-state index contributed by atoms with van der Waals surface area (Å²) in [5.74, 6) is 0.494. The topological polar surface area (TPSA) is 85.8 Å². The molecule has 0 aromatic carbocycles. The van der Waals surface area contributed by atoms with Gasteiger partial charge in [0, 0.05) is 16.1 Å². The first kappa shape index (κ1) is 10.9. The predicted molar refractivity (Wildman–Crippen MR) is 65.8 cm³/mol. The number of nitrogens with zero attached hydrogens (tertiary/aromatic N) is 5. The van der Waals surface area contributed by atoms with Crippen molar-refractivity contribution in [2.45, 2.75) is 0 Å². The second-order valence-electron chi connectivity index (χ2n) is 3.52. The minimum Gasteiger partial charge on any atom is -0.464 e. The molecule has 0 atom stereocenters. The summed E-state index contributed by atoms with van der Waals surface area (Å²) in [7, 11) is 0. The number of aromatic nitrogens is 5. The first-order valence-electron chi connectivity index (χ1n) is 4.94. The quantitative estimate of drug-likeness (QED) is 0.742. The zero-order chi connectivity index (χ0) is 12.7. The first-order chi connectivity index (χ1) is 8.66. The minimum absolute atomic E-state index is 0.349. The summed E-state index contributed by atoms with van der Waals surface area (Å²) in [5.41, 5.74) is 0.349. The molecule has 3 heterocycles. The lowest BCUT2D eigenvalue weighted by molar-refractivity contribution is 0.197. The Bertz CT molecular complexity index is 734. The molecule has 0 aliphatic heterocycles. The van der Waals surface area contributed by atoms with Crippen molar-refractivity contribution in [3.05, 3.63) is 35.2 Å². The molecule has 0 fully saturated rings. The third-order valence-corrected chi connectivity index (χ3v) is 3.11. The monoisotopic (exact) mass is 307 g/mol. The van der Waals surface area contributed by atoms with Gasteiger partial charge in [-0.2, -0.15) is 0 Å². The van der Waals surface area contributed by atoms with Crippen molar-refractivity contribution < 1.29 is 9.90 Å². The molecule has 0 amide bonds. The fourth-order valence-electron chi connectivity index (χ4n) is 1.66. The van der Waals surface area contributed by atoms with Gasteiger partial charge in [-0.3, -0.25) is 0 Å². The molecule has 0 aliphatic carbocycles. The standard InChI is InChI=1S/C10H6BrN5O2/c11-7-5-8(16-4-2-12-14-16)13-9-6(7)1-3-15(9)10(17)18/h1-5H,(H,17,18). The van der Waals surface area contributed by atoms with Gasteiger partial charge in [0.25, 0.3) is 0 Å². The van der Waals surface area contributed by atoms with Crippen LogP contribution in [0.5, 0.6) is 0 Å². The molecular weight excluding hydrogens is 302 g/mol. The average Bonchev–Trinajstić information content (AvgIpc) is 2.97. The van der Waals surface area contributed by atoms with Crippen LogP contribution in [-0.2, 0) is 0 Å². The number of carbonyl (C=O) groups is 1. The fraction of sp³-hybridized carbons (Fsp3) is 0. The summed E-state index contributed by atoms with van der Waals surface area (Å²) in [6.07, 6.45) is 3.53. The molecule has 1 N–H and O–H groups in total. The zero-order valence-corrected chi connectivity index (χ0v) is 10.4. The Hall–Kier alpha value is -2.22. The third-order valence-electron chi connectivity index (χ3n) is 2.46. The van der Waals surface area contributed by atoms with Crippen LogP contribution in [0.2, 0.25) is 0 Å². The second-order valence-corrected chi connectivity index (χ2v) is 4.37. The van der Waals surface area contributed by atoms with E-state index in [0.717, 1.165) is 14.4 Å². The Morgan fingerprint density at radius 3 is 2.89 bits per heavy atom. The van der Waals surface area contributed by atoms with Gasteiger partial charge >= 0.3 is 6.09 Å². The van der Waals surface area contributed by atoms with Gasteiger partial charge in [0.2, 0.25) is 0 Å². The largest absolute Gasteiger partial charge is 0.464 e. The van der Waals surface area contributed by atoms with Gasteiger partial charge < -0.3 is 5.11 Å². The van der Waals surface area contributed by atoms with E-state index in [4.69, 9.17) is 5.11 Å². The molecule has 8 heteroatoms. The third kappa shape index (κ3) is 1.58. The van der Waals surface area contributed by atoms with Gasteiger partial charge in [-0.25, -0.2) is 19.0 Å². The number of rotatable bonds is 1. The predicted octanol–water partition coefficient (Wildman–Crippen LogP) is 1.91. The van der Waals surface area contributed by atoms with E-state index in [0.29, 0.717) is 11.5 Å². The lowest BCUT2D eigenvalue weighted by Crippen LogP contribution is -2.08. The number of carboxylic acid groups (broad SMARTS) is 1. The average molecular weight is 308 g/mol. The van der Waals surface area contributed by atoms with Crippen LogP contribution in [0.25, 0.3) is 16.9 Å². The van der Waals surface area contributed by atoms with Crippen molar-refractivity contribution in [3.63, 3.8) is 0 Å². The van der Waals surface area contributed by atoms with Gasteiger partial charge in [-0.15, -0.1) is 5.10 Å². The molecule has 0 bridgehead atoms. The maximum Gasteiger partial charge on any atom is 0.417 e. The van der Waals surface area contributed by atoms with Crippen LogP contribution >= 0.6 is 15.9 Å². The molecule has 7 nitrogen and oxygen atoms in total. The maximum absolute atomic E-state index is 11.1. The lowest BCUT2D eigenvalue weighted by Gasteiger charge is -2.03. The molecule has 0 saturated heterocycles. The molecule has 90 valence electrons. The zero-order valence-electron chi connectivity index (χ0n) is 8.86. The van der Waals surface area contributed by atoms with Crippen LogP contribution < -0.4 is 0 Å². The highest BCUT2D eigenvalue weighted by Crippen LogP contribution is 2.25. The highest BCUT2D eigenvalue weighted by molar-refractivity contribution is 9.10. The van der Waals surface area contributed by atoms with Gasteiger partial charge in [0.1, 0.15) is 0 Å². The van der Waals surface area contributed by atoms with Crippen LogP contribution in [-0.4, -0.2) is 35.7 Å². The van der Waals surface area contributed by atoms with E-state index in [1.807, 2.05) is 0 Å². The van der Waals surface area contributed by atoms with E-state index < -0.39 is 6.09 Å². The van der Waals surface area contributed by atoms with Crippen molar-refractivity contribution in [2.24, 2.45) is 0 Å². The Morgan fingerprint density at radius 1 is 1.39 bits per heavy atom. The SMILES string of the molecule is O=C(O)n1ccc2c(Br)cc(-n3ccnn3)nc21. The van der Waals surface area contributed by atoms with Gasteiger partial charge in [0.05, 0.1) is 12.4 Å². The maximum atomic E-state index is 11.1. The molecule has 0 spiro atoms. The number of pyridine rings is 1. The van der Waals surface area contributed by atoms with Crippen LogP contribution in [0.15, 0.2) is 35.2 Å². The van der Waals surface area contributed by atoms with Gasteiger partial charge in [-0.1, -0.05) is 5.21 Å². The van der Waals surface area contributed by atoms with E-state index in [-0.39, 0.29) is 0 Å². The van der Waals surface area contributed by atoms with Crippen molar-refractivity contribution >= 4 is 33.1 Å². The highest BCUT2D eigenvalue weighted by Gasteiger charge is 2.13. The van der Waals surface area contributed by atoms with Crippen molar-refractivity contribution in [2.75, 3.05) is 0 Å². The Balaban J connectivity index is 2.31. The first-order valence-corrected chi connectivity index (χ1v) is 5.74. The fourth-order valence-corrected chi connectivity index (χ4v) is 2.17. The number of fused-ring (bicyclic) bond motifs is 1. The number of halogens is 1. The van der Waals surface area contributed by atoms with Crippen LogP contribution in [0.4, 0.5) is 4.79 Å². The van der Waals surface area contributed by atoms with Gasteiger partial charge in [-0.05, 0) is 28.1 Å². The van der Waals surface area contributed by atoms with Crippen molar-refractivity contribution in [3.8, 4) is 5.82 Å². The summed E-state index contributed by atoms with van der Waals surface area (Å²) in [6, 6.07) is 3.44. The van der Waals surface area contributed by atoms with Crippen LogP contribution in [0.3, 0.4) is 0 Å². The van der Waals surface area contributed by atoms with Crippen molar-refractivity contribution in [1.82, 2.24) is 24.5 Å². The number of hydrogen-bond donors (Lipinski definition) is 1. The highest BCUT2D eigenvalue weighted by atomic mass is 79.9. The van der Waals surface area contributed by atoms with Crippen molar-refractivity contribution in [1.29, 1.82) is 0 Å². The van der Waals surface area contributed by atoms with Gasteiger partial charge in [0.15, 0.2) is 11.5 Å². The Labute approximate surface area is 109 Å². The molecule has 3 rings (SSSR count). The van der Waals surface area contributed by atoms with Crippen LogP contribution in [0.1, 0.15) is 0 Å². The molecule has 0 aliphatic rings. The normalized spacial score (nSPS) is 10.9. The van der Waals surface area contributed by atoms with E-state index in [2.05, 4.69) is 31.2 Å². The molecule has 0 radical (unpaired) electrons. The Kier molecular flexibility index (Phi) is 2.37. The van der Waals surface area contributed by atoms with E-state index in [9.17, 15) is 4.79 Å². The summed E-state index contributed by atoms with van der Waals surface area (Å²) in [6.45, 7) is 0. The molecule has 0 saturated carbocycles. The Morgan fingerprint density at radius 2 is 2.22 bits per heavy atom. The molecule has 3 aromatic rings. The molecule has 0 unspecified atom stereocenters. The smallest absolute Gasteiger partial charge is 0.417 e. The summed E-state index contributed by atoms with van der Waals surface area (Å²) in [5, 5.41) is 17.3. The summed E-state index contributed by atoms with van der Waals surface area (Å²) in [4.78, 5) is 15.3. The minimum atomic E-state index is -1.08. The molecule has 18 heavy (non-hydrogen) atoms. The van der Waals surface area contributed by atoms with E-state index >= 15 is 0 Å². The van der Waals surface area contributed by atoms with E-state index in [1.165, 1.54) is 17.1 Å². The number of hydrogen-bond acceptors (Lipinski definition) is 4. The molecular formula is C10H6BrN5O2.